The van der Waals surface area contributed by atoms with E-state index in [1.54, 1.807) is 0 Å². The van der Waals surface area contributed by atoms with Gasteiger partial charge < -0.3 is 0 Å². The van der Waals surface area contributed by atoms with Gasteiger partial charge in [0.15, 0.2) is 10.7 Å². The number of aromatic amines is 1. The predicted molar refractivity (Wildman–Crippen MR) is 45.0 cm³/mol. The third-order valence-corrected chi connectivity index (χ3v) is 2.38. The third-order valence-electron chi connectivity index (χ3n) is 1.58. The van der Waals surface area contributed by atoms with Crippen LogP contribution < -0.4 is 10.8 Å². The molecule has 0 radical (unpaired) electrons. The highest BCUT2D eigenvalue weighted by molar-refractivity contribution is 7.89. The van der Waals surface area contributed by atoms with Crippen molar-refractivity contribution in [2.45, 2.75) is 5.03 Å². The summed E-state index contributed by atoms with van der Waals surface area (Å²) in [6, 6.07) is 1.10. The van der Waals surface area contributed by atoms with Crippen molar-refractivity contribution in [2.24, 2.45) is 5.14 Å². The Labute approximate surface area is 77.4 Å². The van der Waals surface area contributed by atoms with Crippen LogP contribution in [0.3, 0.4) is 0 Å². The van der Waals surface area contributed by atoms with Gasteiger partial charge in [0.05, 0.1) is 0 Å². The van der Waals surface area contributed by atoms with E-state index in [0.717, 1.165) is 16.8 Å². The van der Waals surface area contributed by atoms with E-state index in [1.807, 2.05) is 0 Å². The van der Waals surface area contributed by atoms with Gasteiger partial charge in [0.2, 0.25) is 0 Å². The van der Waals surface area contributed by atoms with Crippen LogP contribution in [-0.2, 0) is 10.0 Å². The minimum atomic E-state index is -3.87. The van der Waals surface area contributed by atoms with Gasteiger partial charge in [0, 0.05) is 6.07 Å². The number of hydrogen-bond acceptors (Lipinski definition) is 5. The number of rotatable bonds is 1. The minimum Gasteiger partial charge on any atom is -0.246 e. The zero-order valence-electron chi connectivity index (χ0n) is 6.71. The molecule has 9 heteroatoms. The highest BCUT2D eigenvalue weighted by Gasteiger charge is 2.11. The third kappa shape index (κ3) is 1.28. The van der Waals surface area contributed by atoms with Crippen LogP contribution in [0.5, 0.6) is 0 Å². The average molecular weight is 215 g/mol. The summed E-state index contributed by atoms with van der Waals surface area (Å²) in [5, 5.41) is 10.2. The van der Waals surface area contributed by atoms with Gasteiger partial charge >= 0.3 is 5.69 Å². The van der Waals surface area contributed by atoms with E-state index in [4.69, 9.17) is 5.14 Å². The number of nitrogens with two attached hydrogens (primary N) is 1. The van der Waals surface area contributed by atoms with Crippen molar-refractivity contribution in [3.63, 3.8) is 0 Å². The molecular weight excluding hydrogens is 210 g/mol. The second kappa shape index (κ2) is 2.62. The van der Waals surface area contributed by atoms with Crippen molar-refractivity contribution >= 4 is 15.7 Å². The highest BCUT2D eigenvalue weighted by atomic mass is 32.2. The maximum Gasteiger partial charge on any atom is 0.348 e. The maximum atomic E-state index is 11.0. The Balaban J connectivity index is 2.82. The Bertz CT molecular complexity index is 639. The van der Waals surface area contributed by atoms with Crippen LogP contribution in [-0.4, -0.2) is 28.0 Å². The average Bonchev–Trinajstić information content (AvgIpc) is 2.46. The van der Waals surface area contributed by atoms with Gasteiger partial charge in [-0.25, -0.2) is 32.8 Å². The van der Waals surface area contributed by atoms with Gasteiger partial charge in [-0.3, -0.25) is 0 Å². The Morgan fingerprint density at radius 2 is 2.21 bits per heavy atom. The molecule has 0 saturated carbocycles. The smallest absolute Gasteiger partial charge is 0.246 e. The molecule has 0 saturated heterocycles. The predicted octanol–water partition coefficient (Wildman–Crippen LogP) is -1.93. The van der Waals surface area contributed by atoms with Crippen LogP contribution in [0.2, 0.25) is 0 Å². The van der Waals surface area contributed by atoms with Crippen LogP contribution in [0.25, 0.3) is 5.65 Å². The van der Waals surface area contributed by atoms with Gasteiger partial charge in [-0.1, -0.05) is 0 Å². The molecule has 0 spiro atoms. The summed E-state index contributed by atoms with van der Waals surface area (Å²) in [6.45, 7) is 0. The second-order valence-electron chi connectivity index (χ2n) is 2.53. The quantitative estimate of drug-likeness (QED) is 0.536. The summed E-state index contributed by atoms with van der Waals surface area (Å²) in [7, 11) is -3.87. The molecule has 0 aliphatic rings. The van der Waals surface area contributed by atoms with Gasteiger partial charge in [0.1, 0.15) is 6.33 Å². The first-order valence-corrected chi connectivity index (χ1v) is 4.99. The number of sulfonamides is 1. The summed E-state index contributed by atoms with van der Waals surface area (Å²) >= 11 is 0. The first kappa shape index (κ1) is 8.84. The first-order chi connectivity index (χ1) is 6.48. The Morgan fingerprint density at radius 3 is 2.86 bits per heavy atom. The highest BCUT2D eigenvalue weighted by Crippen LogP contribution is 2.02. The summed E-state index contributed by atoms with van der Waals surface area (Å²) in [4.78, 5) is 14.5. The monoisotopic (exact) mass is 215 g/mol. The van der Waals surface area contributed by atoms with Crippen molar-refractivity contribution in [1.29, 1.82) is 0 Å². The summed E-state index contributed by atoms with van der Waals surface area (Å²) in [6.07, 6.45) is 1.04. The molecule has 2 aromatic rings. The lowest BCUT2D eigenvalue weighted by molar-refractivity contribution is 0.593. The Kier molecular flexibility index (Phi) is 1.66. The zero-order valence-corrected chi connectivity index (χ0v) is 7.52. The van der Waals surface area contributed by atoms with Gasteiger partial charge in [0.25, 0.3) is 10.0 Å². The number of nitrogens with one attached hydrogen (secondary N) is 1. The minimum absolute atomic E-state index is 0.147. The van der Waals surface area contributed by atoms with Gasteiger partial charge in [-0.05, 0) is 0 Å². The molecule has 2 heterocycles. The van der Waals surface area contributed by atoms with E-state index in [9.17, 15) is 13.2 Å². The molecular formula is C5H5N5O3S. The summed E-state index contributed by atoms with van der Waals surface area (Å²) in [5.74, 6) is 0. The standard InChI is InChI=1S/C5H5N5O3S/c6-14(12,13)4-1-3-8-9-5(11)10(3)2-7-4/h1-2H,(H,9,11)(H2,6,12,13). The Morgan fingerprint density at radius 1 is 1.50 bits per heavy atom. The number of primary sulfonamides is 1. The van der Waals surface area contributed by atoms with E-state index < -0.39 is 15.7 Å². The molecule has 0 aromatic carbocycles. The largest absolute Gasteiger partial charge is 0.348 e. The maximum absolute atomic E-state index is 11.0. The van der Waals surface area contributed by atoms with Crippen LogP contribution in [0.15, 0.2) is 22.2 Å². The molecule has 0 aliphatic heterocycles. The molecule has 2 rings (SSSR count). The van der Waals surface area contributed by atoms with Crippen LogP contribution in [0, 0.1) is 0 Å². The first-order valence-electron chi connectivity index (χ1n) is 3.44. The second-order valence-corrected chi connectivity index (χ2v) is 4.04. The zero-order chi connectivity index (χ0) is 10.3. The van der Waals surface area contributed by atoms with Gasteiger partial charge in [-0.15, -0.1) is 0 Å². The van der Waals surface area contributed by atoms with Crippen molar-refractivity contribution in [3.05, 3.63) is 22.9 Å². The van der Waals surface area contributed by atoms with Crippen molar-refractivity contribution in [2.75, 3.05) is 0 Å². The molecule has 0 atom stereocenters. The van der Waals surface area contributed by atoms with Crippen LogP contribution >= 0.6 is 0 Å². The summed E-state index contributed by atoms with van der Waals surface area (Å²) < 4.78 is 22.8. The SMILES string of the molecule is NS(=O)(=O)c1cc2n[nH]c(=O)n2cn1. The normalized spacial score (nSPS) is 12.1. The molecule has 0 bridgehead atoms. The number of H-pyrrole nitrogens is 1. The molecule has 3 N–H and O–H groups in total. The molecule has 2 aromatic heterocycles. The molecule has 74 valence electrons. The fraction of sp³-hybridized carbons (Fsp3) is 0. The fourth-order valence-electron chi connectivity index (χ4n) is 0.948. The van der Waals surface area contributed by atoms with Crippen LogP contribution in [0.1, 0.15) is 0 Å². The van der Waals surface area contributed by atoms with E-state index in [0.29, 0.717) is 0 Å². The number of hydrogen-bond donors (Lipinski definition) is 2. The van der Waals surface area contributed by atoms with Gasteiger partial charge in [-0.2, -0.15) is 5.10 Å². The molecule has 14 heavy (non-hydrogen) atoms. The molecule has 8 nitrogen and oxygen atoms in total. The molecule has 0 amide bonds. The van der Waals surface area contributed by atoms with Crippen LogP contribution in [0.4, 0.5) is 0 Å². The lowest BCUT2D eigenvalue weighted by atomic mass is 10.6. The topological polar surface area (TPSA) is 123 Å². The number of aromatic nitrogens is 4. The fourth-order valence-corrected chi connectivity index (χ4v) is 1.41. The lowest BCUT2D eigenvalue weighted by Crippen LogP contribution is -2.16. The van der Waals surface area contributed by atoms with Crippen molar-refractivity contribution in [3.8, 4) is 0 Å². The lowest BCUT2D eigenvalue weighted by Gasteiger charge is -1.95. The van der Waals surface area contributed by atoms with Crippen molar-refractivity contribution in [1.82, 2.24) is 19.6 Å². The number of nitrogens with zero attached hydrogens (tertiary/aromatic N) is 3. The Hall–Kier alpha value is -1.74. The molecule has 0 aliphatic carbocycles. The number of fused-ring (bicyclic) bond motifs is 1. The van der Waals surface area contributed by atoms with E-state index in [2.05, 4.69) is 15.2 Å². The molecule has 0 fully saturated rings. The van der Waals surface area contributed by atoms with E-state index in [-0.39, 0.29) is 10.7 Å². The molecule has 0 unspecified atom stereocenters. The van der Waals surface area contributed by atoms with Crippen molar-refractivity contribution < 1.29 is 8.42 Å². The van der Waals surface area contributed by atoms with E-state index >= 15 is 0 Å². The van der Waals surface area contributed by atoms with E-state index in [1.165, 1.54) is 0 Å². The summed E-state index contributed by atoms with van der Waals surface area (Å²) in [5.41, 5.74) is -0.345.